The van der Waals surface area contributed by atoms with Crippen LogP contribution in [0.5, 0.6) is 0 Å². The van der Waals surface area contributed by atoms with Crippen LogP contribution in [0.3, 0.4) is 0 Å². The van der Waals surface area contributed by atoms with E-state index in [0.29, 0.717) is 17.6 Å². The second kappa shape index (κ2) is 4.11. The molecule has 90 valence electrons. The molecule has 2 atom stereocenters. The third kappa shape index (κ3) is 2.16. The summed E-state index contributed by atoms with van der Waals surface area (Å²) in [6, 6.07) is 0. The molecule has 3 fully saturated rings. The van der Waals surface area contributed by atoms with E-state index >= 15 is 0 Å². The SMILES string of the molecule is O=C(CC1CCOC2(CCOC2)C1)C1CC1. The van der Waals surface area contributed by atoms with Crippen molar-refractivity contribution in [1.82, 2.24) is 0 Å². The highest BCUT2D eigenvalue weighted by atomic mass is 16.6. The maximum absolute atomic E-state index is 11.8. The van der Waals surface area contributed by atoms with E-state index in [1.165, 1.54) is 0 Å². The summed E-state index contributed by atoms with van der Waals surface area (Å²) in [6.07, 6.45) is 6.16. The van der Waals surface area contributed by atoms with Crippen LogP contribution in [0.15, 0.2) is 0 Å². The van der Waals surface area contributed by atoms with Crippen LogP contribution in [0.25, 0.3) is 0 Å². The summed E-state index contributed by atoms with van der Waals surface area (Å²) >= 11 is 0. The molecule has 3 heteroatoms. The van der Waals surface area contributed by atoms with Gasteiger partial charge in [0.2, 0.25) is 0 Å². The summed E-state index contributed by atoms with van der Waals surface area (Å²) in [6.45, 7) is 2.37. The van der Waals surface area contributed by atoms with Crippen molar-refractivity contribution in [3.8, 4) is 0 Å². The van der Waals surface area contributed by atoms with E-state index in [2.05, 4.69) is 0 Å². The second-order valence-electron chi connectivity index (χ2n) is 5.64. The summed E-state index contributed by atoms with van der Waals surface area (Å²) in [5.41, 5.74) is -0.0350. The Labute approximate surface area is 96.5 Å². The molecule has 0 aromatic rings. The average Bonchev–Trinajstić information content (AvgIpc) is 3.03. The number of carbonyl (C=O) groups excluding carboxylic acids is 1. The fourth-order valence-electron chi connectivity index (χ4n) is 3.02. The van der Waals surface area contributed by atoms with E-state index < -0.39 is 0 Å². The van der Waals surface area contributed by atoms with Crippen LogP contribution in [-0.4, -0.2) is 31.2 Å². The topological polar surface area (TPSA) is 35.5 Å². The third-order valence-electron chi connectivity index (χ3n) is 4.18. The van der Waals surface area contributed by atoms with Gasteiger partial charge in [0.25, 0.3) is 0 Å². The molecule has 3 rings (SSSR count). The Kier molecular flexibility index (Phi) is 2.76. The Hall–Kier alpha value is -0.410. The summed E-state index contributed by atoms with van der Waals surface area (Å²) in [5.74, 6) is 1.46. The van der Waals surface area contributed by atoms with Gasteiger partial charge in [0, 0.05) is 32.0 Å². The molecule has 3 nitrogen and oxygen atoms in total. The first-order valence-corrected chi connectivity index (χ1v) is 6.52. The van der Waals surface area contributed by atoms with Gasteiger partial charge in [0.15, 0.2) is 0 Å². The van der Waals surface area contributed by atoms with Gasteiger partial charge >= 0.3 is 0 Å². The zero-order chi connectivity index (χ0) is 11.0. The molecule has 2 saturated heterocycles. The molecule has 0 radical (unpaired) electrons. The molecule has 0 bridgehead atoms. The van der Waals surface area contributed by atoms with E-state index in [1.54, 1.807) is 0 Å². The normalized spacial score (nSPS) is 39.1. The van der Waals surface area contributed by atoms with E-state index in [0.717, 1.165) is 58.3 Å². The molecular weight excluding hydrogens is 204 g/mol. The van der Waals surface area contributed by atoms with Crippen LogP contribution >= 0.6 is 0 Å². The van der Waals surface area contributed by atoms with Crippen LogP contribution < -0.4 is 0 Å². The molecule has 0 N–H and O–H groups in total. The van der Waals surface area contributed by atoms with Crippen molar-refractivity contribution in [2.75, 3.05) is 19.8 Å². The maximum Gasteiger partial charge on any atom is 0.136 e. The maximum atomic E-state index is 11.8. The number of Topliss-reactive ketones (excluding diaryl/α,β-unsaturated/α-hetero) is 1. The van der Waals surface area contributed by atoms with Crippen LogP contribution in [-0.2, 0) is 14.3 Å². The van der Waals surface area contributed by atoms with Crippen molar-refractivity contribution in [2.45, 2.75) is 44.1 Å². The first kappa shape index (κ1) is 10.7. The predicted molar refractivity (Wildman–Crippen MR) is 59.2 cm³/mol. The Morgan fingerprint density at radius 1 is 1.25 bits per heavy atom. The third-order valence-corrected chi connectivity index (χ3v) is 4.18. The highest BCUT2D eigenvalue weighted by Crippen LogP contribution is 2.39. The van der Waals surface area contributed by atoms with E-state index in [-0.39, 0.29) is 5.60 Å². The van der Waals surface area contributed by atoms with Gasteiger partial charge in [-0.3, -0.25) is 4.79 Å². The Bertz CT molecular complexity index is 277. The molecule has 2 heterocycles. The van der Waals surface area contributed by atoms with Gasteiger partial charge < -0.3 is 9.47 Å². The molecular formula is C13H20O3. The first-order chi connectivity index (χ1) is 7.77. The molecule has 3 aliphatic rings. The van der Waals surface area contributed by atoms with Crippen LogP contribution in [0.1, 0.15) is 38.5 Å². The lowest BCUT2D eigenvalue weighted by molar-refractivity contribution is -0.126. The molecule has 0 amide bonds. The van der Waals surface area contributed by atoms with Gasteiger partial charge in [-0.05, 0) is 31.6 Å². The van der Waals surface area contributed by atoms with Gasteiger partial charge in [0.05, 0.1) is 12.2 Å². The van der Waals surface area contributed by atoms with Gasteiger partial charge in [0.1, 0.15) is 5.78 Å². The lowest BCUT2D eigenvalue weighted by Gasteiger charge is -2.36. The molecule has 2 unspecified atom stereocenters. The van der Waals surface area contributed by atoms with Gasteiger partial charge in [-0.2, -0.15) is 0 Å². The van der Waals surface area contributed by atoms with Crippen molar-refractivity contribution in [2.24, 2.45) is 11.8 Å². The van der Waals surface area contributed by atoms with Crippen LogP contribution in [0.2, 0.25) is 0 Å². The standard InChI is InChI=1S/C13H20O3/c14-12(11-1-2-11)7-10-3-5-16-13(8-10)4-6-15-9-13/h10-11H,1-9H2. The zero-order valence-corrected chi connectivity index (χ0v) is 9.74. The van der Waals surface area contributed by atoms with E-state index in [1.807, 2.05) is 0 Å². The largest absolute Gasteiger partial charge is 0.378 e. The molecule has 2 aliphatic heterocycles. The number of ether oxygens (including phenoxy) is 2. The summed E-state index contributed by atoms with van der Waals surface area (Å²) in [5, 5.41) is 0. The Balaban J connectivity index is 1.56. The first-order valence-electron chi connectivity index (χ1n) is 6.52. The number of ketones is 1. The minimum absolute atomic E-state index is 0.0350. The number of hydrogen-bond donors (Lipinski definition) is 0. The number of carbonyl (C=O) groups is 1. The molecule has 1 spiro atoms. The fourth-order valence-corrected chi connectivity index (χ4v) is 3.02. The molecule has 0 aromatic heterocycles. The summed E-state index contributed by atoms with van der Waals surface area (Å²) < 4.78 is 11.3. The van der Waals surface area contributed by atoms with Gasteiger partial charge in [-0.25, -0.2) is 0 Å². The molecule has 0 aromatic carbocycles. The Morgan fingerprint density at radius 2 is 2.12 bits per heavy atom. The van der Waals surface area contributed by atoms with E-state index in [4.69, 9.17) is 9.47 Å². The number of hydrogen-bond acceptors (Lipinski definition) is 3. The Morgan fingerprint density at radius 3 is 2.81 bits per heavy atom. The van der Waals surface area contributed by atoms with Gasteiger partial charge in [-0.15, -0.1) is 0 Å². The summed E-state index contributed by atoms with van der Waals surface area (Å²) in [7, 11) is 0. The van der Waals surface area contributed by atoms with Crippen molar-refractivity contribution in [1.29, 1.82) is 0 Å². The average molecular weight is 224 g/mol. The molecule has 1 saturated carbocycles. The monoisotopic (exact) mass is 224 g/mol. The van der Waals surface area contributed by atoms with E-state index in [9.17, 15) is 4.79 Å². The zero-order valence-electron chi connectivity index (χ0n) is 9.74. The van der Waals surface area contributed by atoms with Crippen LogP contribution in [0, 0.1) is 11.8 Å². The lowest BCUT2D eigenvalue weighted by atomic mass is 9.82. The van der Waals surface area contributed by atoms with Crippen molar-refractivity contribution in [3.63, 3.8) is 0 Å². The smallest absolute Gasteiger partial charge is 0.136 e. The minimum atomic E-state index is -0.0350. The van der Waals surface area contributed by atoms with Crippen molar-refractivity contribution >= 4 is 5.78 Å². The molecule has 16 heavy (non-hydrogen) atoms. The highest BCUT2D eigenvalue weighted by molar-refractivity contribution is 5.83. The summed E-state index contributed by atoms with van der Waals surface area (Å²) in [4.78, 5) is 11.8. The van der Waals surface area contributed by atoms with Crippen molar-refractivity contribution < 1.29 is 14.3 Å². The lowest BCUT2D eigenvalue weighted by Crippen LogP contribution is -2.40. The van der Waals surface area contributed by atoms with Crippen LogP contribution in [0.4, 0.5) is 0 Å². The minimum Gasteiger partial charge on any atom is -0.378 e. The fraction of sp³-hybridized carbons (Fsp3) is 0.923. The second-order valence-corrected chi connectivity index (χ2v) is 5.64. The molecule has 1 aliphatic carbocycles. The quantitative estimate of drug-likeness (QED) is 0.735. The van der Waals surface area contributed by atoms with Crippen molar-refractivity contribution in [3.05, 3.63) is 0 Å². The predicted octanol–water partition coefficient (Wildman–Crippen LogP) is 1.94. The number of rotatable bonds is 3. The van der Waals surface area contributed by atoms with Gasteiger partial charge in [-0.1, -0.05) is 0 Å². The highest BCUT2D eigenvalue weighted by Gasteiger charge is 2.42.